The number of hydrogen-bond donors (Lipinski definition) is 0. The lowest BCUT2D eigenvalue weighted by Gasteiger charge is -2.21. The maximum Gasteiger partial charge on any atom is 0.298 e. The summed E-state index contributed by atoms with van der Waals surface area (Å²) in [6.45, 7) is 4.37. The Morgan fingerprint density at radius 1 is 1.36 bits per heavy atom. The van der Waals surface area contributed by atoms with Gasteiger partial charge in [0.1, 0.15) is 0 Å². The van der Waals surface area contributed by atoms with Gasteiger partial charge in [-0.15, -0.1) is 0 Å². The molecule has 0 saturated carbocycles. The highest BCUT2D eigenvalue weighted by Crippen LogP contribution is 2.20. The molecule has 3 heteroatoms. The van der Waals surface area contributed by atoms with Crippen LogP contribution in [0.5, 0.6) is 0 Å². The molecular formula is C11H15N3. The monoisotopic (exact) mass is 189 g/mol. The zero-order valence-corrected chi connectivity index (χ0v) is 8.48. The van der Waals surface area contributed by atoms with E-state index in [2.05, 4.69) is 22.7 Å². The van der Waals surface area contributed by atoms with Crippen molar-refractivity contribution in [2.24, 2.45) is 5.92 Å². The van der Waals surface area contributed by atoms with Crippen molar-refractivity contribution in [1.29, 1.82) is 0 Å². The van der Waals surface area contributed by atoms with Crippen molar-refractivity contribution in [1.82, 2.24) is 4.90 Å². The molecular weight excluding hydrogens is 174 g/mol. The van der Waals surface area contributed by atoms with E-state index in [0.717, 1.165) is 18.8 Å². The fourth-order valence-electron chi connectivity index (χ4n) is 2.03. The lowest BCUT2D eigenvalue weighted by atomic mass is 9.99. The Bertz CT molecular complexity index is 328. The molecule has 14 heavy (non-hydrogen) atoms. The number of allylic oxidation sites excluding steroid dienone is 3. The fourth-order valence-corrected chi connectivity index (χ4v) is 2.03. The third-order valence-electron chi connectivity index (χ3n) is 2.90. The number of rotatable bonds is 1. The molecule has 1 unspecified atom stereocenters. The molecule has 3 nitrogen and oxygen atoms in total. The summed E-state index contributed by atoms with van der Waals surface area (Å²) < 4.78 is 0. The summed E-state index contributed by atoms with van der Waals surface area (Å²) in [7, 11) is 0. The van der Waals surface area contributed by atoms with Crippen LogP contribution in [0, 0.1) is 5.92 Å². The molecule has 0 amide bonds. The molecule has 0 bridgehead atoms. The van der Waals surface area contributed by atoms with Gasteiger partial charge in [0.2, 0.25) is 0 Å². The molecule has 2 rings (SSSR count). The van der Waals surface area contributed by atoms with Crippen LogP contribution < -0.4 is 0 Å². The maximum absolute atomic E-state index is 8.71. The van der Waals surface area contributed by atoms with Gasteiger partial charge in [-0.3, -0.25) is 0 Å². The average Bonchev–Trinajstić information content (AvgIpc) is 2.70. The van der Waals surface area contributed by atoms with Crippen molar-refractivity contribution in [2.75, 3.05) is 13.1 Å². The van der Waals surface area contributed by atoms with Crippen molar-refractivity contribution in [2.45, 2.75) is 19.8 Å². The third kappa shape index (κ3) is 1.64. The van der Waals surface area contributed by atoms with Gasteiger partial charge in [-0.25, -0.2) is 0 Å². The van der Waals surface area contributed by atoms with E-state index in [1.165, 1.54) is 18.5 Å². The van der Waals surface area contributed by atoms with E-state index in [4.69, 9.17) is 5.53 Å². The molecule has 2 aliphatic rings. The van der Waals surface area contributed by atoms with Gasteiger partial charge in [-0.2, -0.15) is 4.79 Å². The first-order valence-electron chi connectivity index (χ1n) is 5.18. The van der Waals surface area contributed by atoms with Crippen LogP contribution in [0.4, 0.5) is 0 Å². The van der Waals surface area contributed by atoms with Gasteiger partial charge in [0.25, 0.3) is 5.71 Å². The molecule has 0 aromatic heterocycles. The van der Waals surface area contributed by atoms with E-state index in [1.807, 2.05) is 12.2 Å². The second-order valence-corrected chi connectivity index (χ2v) is 3.93. The van der Waals surface area contributed by atoms with Crippen LogP contribution in [-0.2, 0) is 0 Å². The topological polar surface area (TPSA) is 39.6 Å². The second kappa shape index (κ2) is 3.81. The SMILES string of the molecule is CC1C=C(N2CCCC2)C=CC1=[N+]=[N-]. The first-order valence-corrected chi connectivity index (χ1v) is 5.18. The Morgan fingerprint density at radius 2 is 2.07 bits per heavy atom. The smallest absolute Gasteiger partial charge is 0.298 e. The molecule has 1 heterocycles. The Morgan fingerprint density at radius 3 is 2.64 bits per heavy atom. The largest absolute Gasteiger partial charge is 0.372 e. The van der Waals surface area contributed by atoms with E-state index in [0.29, 0.717) is 0 Å². The van der Waals surface area contributed by atoms with Crippen molar-refractivity contribution < 1.29 is 4.79 Å². The summed E-state index contributed by atoms with van der Waals surface area (Å²) >= 11 is 0. The van der Waals surface area contributed by atoms with Crippen molar-refractivity contribution in [3.63, 3.8) is 0 Å². The highest BCUT2D eigenvalue weighted by atomic mass is 15.1. The summed E-state index contributed by atoms with van der Waals surface area (Å²) in [4.78, 5) is 5.65. The van der Waals surface area contributed by atoms with E-state index in [1.54, 1.807) is 0 Å². The van der Waals surface area contributed by atoms with Crippen LogP contribution in [0.2, 0.25) is 0 Å². The van der Waals surface area contributed by atoms with E-state index in [9.17, 15) is 0 Å². The Balaban J connectivity index is 2.16. The van der Waals surface area contributed by atoms with Gasteiger partial charge in [-0.1, -0.05) is 0 Å². The maximum atomic E-state index is 8.71. The number of nitrogens with zero attached hydrogens (tertiary/aromatic N) is 3. The lowest BCUT2D eigenvalue weighted by molar-refractivity contribution is -0.00870. The molecule has 1 atom stereocenters. The molecule has 0 aromatic rings. The van der Waals surface area contributed by atoms with E-state index in [-0.39, 0.29) is 5.92 Å². The quantitative estimate of drug-likeness (QED) is 0.458. The summed E-state index contributed by atoms with van der Waals surface area (Å²) in [5.74, 6) is 0.223. The molecule has 0 N–H and O–H groups in total. The molecule has 1 aliphatic carbocycles. The molecule has 74 valence electrons. The highest BCUT2D eigenvalue weighted by Gasteiger charge is 2.21. The summed E-state index contributed by atoms with van der Waals surface area (Å²) in [6.07, 6.45) is 8.69. The molecule has 0 radical (unpaired) electrons. The number of likely N-dealkylation sites (tertiary alicyclic amines) is 1. The fraction of sp³-hybridized carbons (Fsp3) is 0.545. The van der Waals surface area contributed by atoms with E-state index < -0.39 is 0 Å². The summed E-state index contributed by atoms with van der Waals surface area (Å²) in [6, 6.07) is 0. The van der Waals surface area contributed by atoms with Crippen molar-refractivity contribution in [3.8, 4) is 0 Å². The molecule has 1 saturated heterocycles. The van der Waals surface area contributed by atoms with Crippen LogP contribution >= 0.6 is 0 Å². The van der Waals surface area contributed by atoms with Gasteiger partial charge in [0.05, 0.1) is 5.92 Å². The van der Waals surface area contributed by atoms with Crippen molar-refractivity contribution >= 4 is 5.71 Å². The minimum Gasteiger partial charge on any atom is -0.372 e. The predicted molar refractivity (Wildman–Crippen MR) is 55.8 cm³/mol. The van der Waals surface area contributed by atoms with Gasteiger partial charge >= 0.3 is 0 Å². The Kier molecular flexibility index (Phi) is 2.51. The van der Waals surface area contributed by atoms with Crippen LogP contribution in [0.1, 0.15) is 19.8 Å². The van der Waals surface area contributed by atoms with Gasteiger partial charge < -0.3 is 10.4 Å². The zero-order valence-electron chi connectivity index (χ0n) is 8.48. The lowest BCUT2D eigenvalue weighted by Crippen LogP contribution is -2.22. The van der Waals surface area contributed by atoms with Gasteiger partial charge in [0, 0.05) is 24.9 Å². The Labute approximate surface area is 84.3 Å². The van der Waals surface area contributed by atoms with Crippen LogP contribution in [0.3, 0.4) is 0 Å². The zero-order chi connectivity index (χ0) is 9.97. The third-order valence-corrected chi connectivity index (χ3v) is 2.90. The molecule has 1 aliphatic heterocycles. The van der Waals surface area contributed by atoms with Crippen molar-refractivity contribution in [3.05, 3.63) is 29.5 Å². The molecule has 1 fully saturated rings. The number of hydrogen-bond acceptors (Lipinski definition) is 1. The van der Waals surface area contributed by atoms with E-state index >= 15 is 0 Å². The molecule has 0 spiro atoms. The Hall–Kier alpha value is -1.34. The van der Waals surface area contributed by atoms with Gasteiger partial charge in [-0.05, 0) is 31.9 Å². The summed E-state index contributed by atoms with van der Waals surface area (Å²) in [5.41, 5.74) is 10.7. The van der Waals surface area contributed by atoms with Gasteiger partial charge in [0.15, 0.2) is 0 Å². The van der Waals surface area contributed by atoms with Crippen LogP contribution in [0.25, 0.3) is 5.53 Å². The van der Waals surface area contributed by atoms with Crippen LogP contribution in [-0.4, -0.2) is 28.5 Å². The molecule has 0 aromatic carbocycles. The minimum absolute atomic E-state index is 0.223. The predicted octanol–water partition coefficient (Wildman–Crippen LogP) is 1.84. The first-order chi connectivity index (χ1) is 6.81. The minimum atomic E-state index is 0.223. The first kappa shape index (κ1) is 9.22. The van der Waals surface area contributed by atoms with Crippen LogP contribution in [0.15, 0.2) is 23.9 Å². The normalized spacial score (nSPS) is 26.4. The average molecular weight is 189 g/mol. The standard InChI is InChI=1S/C11H15N3/c1-9-8-10(4-5-11(9)13-12)14-6-2-3-7-14/h4-5,8-9H,2-3,6-7H2,1H3. The second-order valence-electron chi connectivity index (χ2n) is 3.93. The highest BCUT2D eigenvalue weighted by molar-refractivity contribution is 5.94. The summed E-state index contributed by atoms with van der Waals surface area (Å²) in [5, 5.41) is 0.